The minimum atomic E-state index is 1.32. The van der Waals surface area contributed by atoms with Crippen molar-refractivity contribution in [3.8, 4) is 0 Å². The Labute approximate surface area is 70.7 Å². The van der Waals surface area contributed by atoms with Crippen LogP contribution in [0.25, 0.3) is 0 Å². The largest absolute Gasteiger partial charge is 0.0882 e. The molecule has 0 radical (unpaired) electrons. The standard InChI is InChI=1S/C4H8.C4H6.C3H6/c2*1-2-4-3-1;1-2-3-1/h1-4H2;1-2H,3-4H2;1-3H2. The van der Waals surface area contributed by atoms with Crippen LogP contribution in [0.3, 0.4) is 0 Å². The molecule has 11 heavy (non-hydrogen) atoms. The summed E-state index contributed by atoms with van der Waals surface area (Å²) in [5.74, 6) is 0. The molecule has 3 aliphatic rings. The number of rotatable bonds is 0. The lowest BCUT2D eigenvalue weighted by Crippen LogP contribution is -1.85. The molecule has 0 heterocycles. The Morgan fingerprint density at radius 2 is 0.636 bits per heavy atom. The van der Waals surface area contributed by atoms with Crippen LogP contribution in [-0.2, 0) is 0 Å². The van der Waals surface area contributed by atoms with E-state index in [1.807, 2.05) is 0 Å². The van der Waals surface area contributed by atoms with E-state index in [1.54, 1.807) is 0 Å². The molecule has 0 nitrogen and oxygen atoms in total. The zero-order chi connectivity index (χ0) is 7.78. The first-order valence-electron chi connectivity index (χ1n) is 5.15. The summed E-state index contributed by atoms with van der Waals surface area (Å²) in [6.07, 6.45) is 17.5. The van der Waals surface area contributed by atoms with Gasteiger partial charge in [0, 0.05) is 0 Å². The van der Waals surface area contributed by atoms with Gasteiger partial charge in [0.15, 0.2) is 0 Å². The van der Waals surface area contributed by atoms with Gasteiger partial charge in [0.2, 0.25) is 0 Å². The lowest BCUT2D eigenvalue weighted by molar-refractivity contribution is 0.504. The highest BCUT2D eigenvalue weighted by Gasteiger charge is 1.95. The van der Waals surface area contributed by atoms with Crippen LogP contribution in [0.1, 0.15) is 57.8 Å². The Morgan fingerprint density at radius 1 is 0.455 bits per heavy atom. The Balaban J connectivity index is 0.0000000835. The van der Waals surface area contributed by atoms with Gasteiger partial charge in [0.25, 0.3) is 0 Å². The molecule has 2 saturated carbocycles. The average Bonchev–Trinajstić information content (AvgIpc) is 2.26. The third-order valence-electron chi connectivity index (χ3n) is 2.02. The summed E-state index contributed by atoms with van der Waals surface area (Å²) >= 11 is 0. The normalized spacial score (nSPS) is 22.5. The van der Waals surface area contributed by atoms with Crippen molar-refractivity contribution in [1.82, 2.24) is 0 Å². The van der Waals surface area contributed by atoms with Crippen LogP contribution < -0.4 is 0 Å². The maximum atomic E-state index is 2.18. The fraction of sp³-hybridized carbons (Fsp3) is 0.818. The fourth-order valence-corrected chi connectivity index (χ4v) is 0.417. The van der Waals surface area contributed by atoms with Gasteiger partial charge in [0.05, 0.1) is 0 Å². The quantitative estimate of drug-likeness (QED) is 0.459. The van der Waals surface area contributed by atoms with E-state index in [9.17, 15) is 0 Å². The monoisotopic (exact) mass is 152 g/mol. The van der Waals surface area contributed by atoms with E-state index in [4.69, 9.17) is 0 Å². The molecular formula is C11H20. The van der Waals surface area contributed by atoms with E-state index in [0.29, 0.717) is 0 Å². The average molecular weight is 152 g/mol. The van der Waals surface area contributed by atoms with Crippen molar-refractivity contribution in [3.63, 3.8) is 0 Å². The van der Waals surface area contributed by atoms with Gasteiger partial charge in [-0.3, -0.25) is 0 Å². The van der Waals surface area contributed by atoms with Crippen molar-refractivity contribution in [3.05, 3.63) is 12.2 Å². The summed E-state index contributed by atoms with van der Waals surface area (Å²) < 4.78 is 0. The first kappa shape index (κ1) is 8.83. The molecule has 0 aromatic carbocycles. The van der Waals surface area contributed by atoms with E-state index in [-0.39, 0.29) is 0 Å². The van der Waals surface area contributed by atoms with Crippen LogP contribution in [0.4, 0.5) is 0 Å². The van der Waals surface area contributed by atoms with Gasteiger partial charge < -0.3 is 0 Å². The van der Waals surface area contributed by atoms with Gasteiger partial charge in [0.1, 0.15) is 0 Å². The van der Waals surface area contributed by atoms with E-state index < -0.39 is 0 Å². The fourth-order valence-electron chi connectivity index (χ4n) is 0.417. The van der Waals surface area contributed by atoms with Gasteiger partial charge in [-0.25, -0.2) is 0 Å². The van der Waals surface area contributed by atoms with E-state index in [2.05, 4.69) is 12.2 Å². The van der Waals surface area contributed by atoms with Crippen molar-refractivity contribution in [1.29, 1.82) is 0 Å². The van der Waals surface area contributed by atoms with Crippen molar-refractivity contribution in [2.45, 2.75) is 57.8 Å². The minimum absolute atomic E-state index is 1.32. The SMILES string of the molecule is C1=CCC1.C1CC1.C1CCC1. The smallest absolute Gasteiger partial charge is 0.0316 e. The minimum Gasteiger partial charge on any atom is -0.0882 e. The number of allylic oxidation sites excluding steroid dienone is 2. The lowest BCUT2D eigenvalue weighted by Gasteiger charge is -2.05. The highest BCUT2D eigenvalue weighted by atomic mass is 14.0. The van der Waals surface area contributed by atoms with Crippen LogP contribution in [0, 0.1) is 0 Å². The zero-order valence-electron chi connectivity index (χ0n) is 7.52. The first-order valence-corrected chi connectivity index (χ1v) is 5.15. The van der Waals surface area contributed by atoms with Gasteiger partial charge in [-0.2, -0.15) is 0 Å². The molecule has 0 aromatic rings. The third kappa shape index (κ3) is 7.64. The highest BCUT2D eigenvalue weighted by Crippen LogP contribution is 2.15. The number of hydrogen-bond acceptors (Lipinski definition) is 0. The molecule has 0 unspecified atom stereocenters. The first-order chi connectivity index (χ1) is 5.50. The van der Waals surface area contributed by atoms with Crippen molar-refractivity contribution >= 4 is 0 Å². The van der Waals surface area contributed by atoms with Crippen LogP contribution in [-0.4, -0.2) is 0 Å². The lowest BCUT2D eigenvalue weighted by atomic mass is 10.0. The summed E-state index contributed by atoms with van der Waals surface area (Å²) in [5.41, 5.74) is 0. The molecule has 0 bridgehead atoms. The highest BCUT2D eigenvalue weighted by molar-refractivity contribution is 4.92. The Hall–Kier alpha value is -0.260. The Morgan fingerprint density at radius 3 is 0.636 bits per heavy atom. The Kier molecular flexibility index (Phi) is 5.18. The predicted octanol–water partition coefficient (Wildman–Crippen LogP) is 4.07. The summed E-state index contributed by atoms with van der Waals surface area (Å²) in [5, 5.41) is 0. The second-order valence-electron chi connectivity index (χ2n) is 3.52. The maximum absolute atomic E-state index is 2.18. The number of hydrogen-bond donors (Lipinski definition) is 0. The Bertz CT molecular complexity index is 83.9. The molecule has 0 N–H and O–H groups in total. The molecule has 0 aromatic heterocycles. The molecule has 0 spiro atoms. The molecule has 0 atom stereocenters. The molecular weight excluding hydrogens is 132 g/mol. The third-order valence-corrected chi connectivity index (χ3v) is 2.02. The van der Waals surface area contributed by atoms with Crippen LogP contribution in [0.15, 0.2) is 12.2 Å². The second-order valence-corrected chi connectivity index (χ2v) is 3.52. The molecule has 0 amide bonds. The van der Waals surface area contributed by atoms with Crippen LogP contribution in [0.5, 0.6) is 0 Å². The summed E-state index contributed by atoms with van der Waals surface area (Å²) in [7, 11) is 0. The van der Waals surface area contributed by atoms with E-state index >= 15 is 0 Å². The molecule has 0 heteroatoms. The molecule has 0 aliphatic heterocycles. The molecule has 3 aliphatic carbocycles. The maximum Gasteiger partial charge on any atom is -0.0316 e. The molecule has 0 saturated heterocycles. The summed E-state index contributed by atoms with van der Waals surface area (Å²) in [6.45, 7) is 0. The van der Waals surface area contributed by atoms with Gasteiger partial charge in [-0.05, 0) is 12.8 Å². The topological polar surface area (TPSA) is 0 Å². The van der Waals surface area contributed by atoms with Gasteiger partial charge >= 0.3 is 0 Å². The molecule has 64 valence electrons. The van der Waals surface area contributed by atoms with Gasteiger partial charge in [-0.15, -0.1) is 0 Å². The zero-order valence-corrected chi connectivity index (χ0v) is 7.52. The molecule has 3 rings (SSSR count). The van der Waals surface area contributed by atoms with Crippen molar-refractivity contribution < 1.29 is 0 Å². The van der Waals surface area contributed by atoms with Crippen LogP contribution >= 0.6 is 0 Å². The van der Waals surface area contributed by atoms with Crippen LogP contribution in [0.2, 0.25) is 0 Å². The van der Waals surface area contributed by atoms with Crippen molar-refractivity contribution in [2.24, 2.45) is 0 Å². The van der Waals surface area contributed by atoms with Crippen molar-refractivity contribution in [2.75, 3.05) is 0 Å². The summed E-state index contributed by atoms with van der Waals surface area (Å²) in [4.78, 5) is 0. The molecule has 2 fully saturated rings. The predicted molar refractivity (Wildman–Crippen MR) is 50.7 cm³/mol. The second kappa shape index (κ2) is 6.45. The van der Waals surface area contributed by atoms with E-state index in [1.165, 1.54) is 57.8 Å². The summed E-state index contributed by atoms with van der Waals surface area (Å²) in [6, 6.07) is 0. The van der Waals surface area contributed by atoms with E-state index in [0.717, 1.165) is 0 Å². The van der Waals surface area contributed by atoms with Gasteiger partial charge in [-0.1, -0.05) is 57.1 Å².